The second kappa shape index (κ2) is 7.10. The number of non-ortho nitro benzene ring substituents is 1. The zero-order chi connectivity index (χ0) is 16.1. The number of carbonyl (C=O) groups excluding carboxylic acids is 1. The predicted molar refractivity (Wildman–Crippen MR) is 81.9 cm³/mol. The molecule has 22 heavy (non-hydrogen) atoms. The second-order valence-corrected chi connectivity index (χ2v) is 5.66. The third-order valence-electron chi connectivity index (χ3n) is 3.02. The van der Waals surface area contributed by atoms with Crippen molar-refractivity contribution in [2.24, 2.45) is 0 Å². The molecular weight excluding hydrogens is 306 g/mol. The van der Waals surface area contributed by atoms with E-state index in [0.29, 0.717) is 10.4 Å². The molecule has 0 aliphatic heterocycles. The molecule has 1 aromatic heterocycles. The standard InChI is InChI=1S/C14H15N3O4S/c1-2-13-15-8-12(22-13)14(19)16-7-11(18)9-3-5-10(6-4-9)17(20)21/h3-6,8,11,18H,2,7H2,1H3,(H,16,19)/t11-/m0/s1. The van der Waals surface area contributed by atoms with Crippen molar-refractivity contribution < 1.29 is 14.8 Å². The van der Waals surface area contributed by atoms with E-state index in [1.165, 1.54) is 41.8 Å². The molecule has 1 atom stereocenters. The number of amides is 1. The fourth-order valence-electron chi connectivity index (χ4n) is 1.79. The van der Waals surface area contributed by atoms with Gasteiger partial charge in [-0.25, -0.2) is 4.98 Å². The van der Waals surface area contributed by atoms with Crippen molar-refractivity contribution in [3.63, 3.8) is 0 Å². The Hall–Kier alpha value is -2.32. The SMILES string of the molecule is CCc1ncc(C(=O)NC[C@H](O)c2ccc([N+](=O)[O-])cc2)s1. The Morgan fingerprint density at radius 1 is 1.45 bits per heavy atom. The minimum Gasteiger partial charge on any atom is -0.387 e. The van der Waals surface area contributed by atoms with E-state index < -0.39 is 11.0 Å². The molecule has 2 rings (SSSR count). The maximum absolute atomic E-state index is 11.9. The number of aromatic nitrogens is 1. The Bertz CT molecular complexity index is 669. The highest BCUT2D eigenvalue weighted by Crippen LogP contribution is 2.18. The van der Waals surface area contributed by atoms with E-state index in [1.807, 2.05) is 6.92 Å². The summed E-state index contributed by atoms with van der Waals surface area (Å²) in [6.45, 7) is 1.98. The molecule has 0 saturated carbocycles. The van der Waals surface area contributed by atoms with Crippen LogP contribution in [0.3, 0.4) is 0 Å². The Balaban J connectivity index is 1.92. The van der Waals surface area contributed by atoms with E-state index in [9.17, 15) is 20.0 Å². The van der Waals surface area contributed by atoms with Crippen LogP contribution in [0.2, 0.25) is 0 Å². The number of nitro groups is 1. The maximum Gasteiger partial charge on any atom is 0.269 e. The Morgan fingerprint density at radius 3 is 2.68 bits per heavy atom. The number of nitrogens with one attached hydrogen (secondary N) is 1. The molecular formula is C14H15N3O4S. The summed E-state index contributed by atoms with van der Waals surface area (Å²) in [5, 5.41) is 24.1. The topological polar surface area (TPSA) is 105 Å². The number of carbonyl (C=O) groups is 1. The summed E-state index contributed by atoms with van der Waals surface area (Å²) < 4.78 is 0. The van der Waals surface area contributed by atoms with Crippen LogP contribution >= 0.6 is 11.3 Å². The zero-order valence-corrected chi connectivity index (χ0v) is 12.7. The van der Waals surface area contributed by atoms with E-state index in [0.717, 1.165) is 11.4 Å². The fourth-order valence-corrected chi connectivity index (χ4v) is 2.57. The molecule has 1 aromatic carbocycles. The van der Waals surface area contributed by atoms with Crippen LogP contribution in [0.5, 0.6) is 0 Å². The summed E-state index contributed by atoms with van der Waals surface area (Å²) in [5.41, 5.74) is 0.459. The van der Waals surface area contributed by atoms with Crippen LogP contribution in [0, 0.1) is 10.1 Å². The quantitative estimate of drug-likeness (QED) is 0.626. The van der Waals surface area contributed by atoms with Crippen molar-refractivity contribution in [3.8, 4) is 0 Å². The van der Waals surface area contributed by atoms with Gasteiger partial charge in [-0.2, -0.15) is 0 Å². The van der Waals surface area contributed by atoms with Gasteiger partial charge in [0, 0.05) is 18.7 Å². The molecule has 0 spiro atoms. The van der Waals surface area contributed by atoms with E-state index in [4.69, 9.17) is 0 Å². The zero-order valence-electron chi connectivity index (χ0n) is 11.9. The van der Waals surface area contributed by atoms with Crippen LogP contribution in [0.15, 0.2) is 30.5 Å². The predicted octanol–water partition coefficient (Wildman–Crippen LogP) is 2.08. The molecule has 1 amide bonds. The van der Waals surface area contributed by atoms with Crippen molar-refractivity contribution in [1.82, 2.24) is 10.3 Å². The van der Waals surface area contributed by atoms with E-state index in [-0.39, 0.29) is 18.1 Å². The molecule has 1 heterocycles. The number of nitro benzene ring substituents is 1. The molecule has 2 N–H and O–H groups in total. The van der Waals surface area contributed by atoms with Crippen molar-refractivity contribution in [1.29, 1.82) is 0 Å². The first-order valence-corrected chi connectivity index (χ1v) is 7.48. The molecule has 7 nitrogen and oxygen atoms in total. The lowest BCUT2D eigenvalue weighted by Crippen LogP contribution is -2.27. The van der Waals surface area contributed by atoms with Crippen LogP contribution in [-0.4, -0.2) is 27.5 Å². The van der Waals surface area contributed by atoms with E-state index >= 15 is 0 Å². The number of benzene rings is 1. The average Bonchev–Trinajstić information content (AvgIpc) is 3.01. The summed E-state index contributed by atoms with van der Waals surface area (Å²) >= 11 is 1.31. The summed E-state index contributed by atoms with van der Waals surface area (Å²) in [6.07, 6.45) is 1.35. The molecule has 8 heteroatoms. The van der Waals surface area contributed by atoms with Gasteiger partial charge in [0.25, 0.3) is 11.6 Å². The van der Waals surface area contributed by atoms with Gasteiger partial charge in [-0.1, -0.05) is 6.92 Å². The van der Waals surface area contributed by atoms with Gasteiger partial charge >= 0.3 is 0 Å². The van der Waals surface area contributed by atoms with E-state index in [2.05, 4.69) is 10.3 Å². The largest absolute Gasteiger partial charge is 0.387 e. The molecule has 2 aromatic rings. The lowest BCUT2D eigenvalue weighted by molar-refractivity contribution is -0.384. The Morgan fingerprint density at radius 2 is 2.14 bits per heavy atom. The summed E-state index contributed by atoms with van der Waals surface area (Å²) in [7, 11) is 0. The van der Waals surface area contributed by atoms with Crippen molar-refractivity contribution in [2.75, 3.05) is 6.54 Å². The first-order chi connectivity index (χ1) is 10.5. The molecule has 0 unspecified atom stereocenters. The summed E-state index contributed by atoms with van der Waals surface area (Å²) in [5.74, 6) is -0.293. The highest BCUT2D eigenvalue weighted by Gasteiger charge is 2.14. The Labute approximate surface area is 130 Å². The van der Waals surface area contributed by atoms with E-state index in [1.54, 1.807) is 0 Å². The molecule has 0 bridgehead atoms. The number of thiazole rings is 1. The normalized spacial score (nSPS) is 11.9. The molecule has 0 saturated heterocycles. The first kappa shape index (κ1) is 16.1. The molecule has 116 valence electrons. The number of nitrogens with zero attached hydrogens (tertiary/aromatic N) is 2. The lowest BCUT2D eigenvalue weighted by atomic mass is 10.1. The lowest BCUT2D eigenvalue weighted by Gasteiger charge is -2.11. The van der Waals surface area contributed by atoms with Crippen molar-refractivity contribution in [2.45, 2.75) is 19.4 Å². The van der Waals surface area contributed by atoms with Gasteiger partial charge in [0.05, 0.1) is 22.2 Å². The number of hydrogen-bond acceptors (Lipinski definition) is 6. The minimum absolute atomic E-state index is 0.0238. The third-order valence-corrected chi connectivity index (χ3v) is 4.16. The first-order valence-electron chi connectivity index (χ1n) is 6.66. The van der Waals surface area contributed by atoms with Crippen molar-refractivity contribution in [3.05, 3.63) is 56.0 Å². The number of rotatable bonds is 6. The summed E-state index contributed by atoms with van der Waals surface area (Å²) in [4.78, 5) is 26.6. The monoisotopic (exact) mass is 321 g/mol. The van der Waals surface area contributed by atoms with Gasteiger partial charge in [-0.15, -0.1) is 11.3 Å². The highest BCUT2D eigenvalue weighted by atomic mass is 32.1. The van der Waals surface area contributed by atoms with Gasteiger partial charge in [0.2, 0.25) is 0 Å². The van der Waals surface area contributed by atoms with Gasteiger partial charge in [-0.05, 0) is 24.1 Å². The molecule has 0 aliphatic carbocycles. The number of aliphatic hydroxyl groups excluding tert-OH is 1. The van der Waals surface area contributed by atoms with Crippen LogP contribution in [0.25, 0.3) is 0 Å². The number of aryl methyl sites for hydroxylation is 1. The fraction of sp³-hybridized carbons (Fsp3) is 0.286. The van der Waals surface area contributed by atoms with Crippen LogP contribution in [-0.2, 0) is 6.42 Å². The smallest absolute Gasteiger partial charge is 0.269 e. The molecule has 0 radical (unpaired) electrons. The van der Waals surface area contributed by atoms with Gasteiger partial charge in [0.1, 0.15) is 4.88 Å². The third kappa shape index (κ3) is 3.86. The maximum atomic E-state index is 11.9. The van der Waals surface area contributed by atoms with Crippen molar-refractivity contribution >= 4 is 22.9 Å². The van der Waals surface area contributed by atoms with Gasteiger partial charge < -0.3 is 10.4 Å². The van der Waals surface area contributed by atoms with Crippen LogP contribution < -0.4 is 5.32 Å². The molecule has 0 aliphatic rings. The number of aliphatic hydroxyl groups is 1. The Kier molecular flexibility index (Phi) is 5.18. The van der Waals surface area contributed by atoms with Gasteiger partial charge in [0.15, 0.2) is 0 Å². The second-order valence-electron chi connectivity index (χ2n) is 4.55. The van der Waals surface area contributed by atoms with Crippen LogP contribution in [0.4, 0.5) is 5.69 Å². The molecule has 0 fully saturated rings. The summed E-state index contributed by atoms with van der Waals surface area (Å²) in [6, 6.07) is 5.57. The minimum atomic E-state index is -0.927. The van der Waals surface area contributed by atoms with Gasteiger partial charge in [-0.3, -0.25) is 14.9 Å². The number of hydrogen-bond donors (Lipinski definition) is 2. The average molecular weight is 321 g/mol. The van der Waals surface area contributed by atoms with Crippen LogP contribution in [0.1, 0.15) is 33.3 Å². The highest BCUT2D eigenvalue weighted by molar-refractivity contribution is 7.13.